The van der Waals surface area contributed by atoms with Gasteiger partial charge in [-0.25, -0.2) is 0 Å². The van der Waals surface area contributed by atoms with Gasteiger partial charge in [-0.15, -0.1) is 0 Å². The topological polar surface area (TPSA) is 184 Å². The molecular formula is C60H82BrF11N6O8. The molecule has 0 saturated heterocycles. The Kier molecular flexibility index (Phi) is 21.8. The maximum absolute atomic E-state index is 13.8. The molecule has 12 rings (SSSR count). The van der Waals surface area contributed by atoms with Gasteiger partial charge in [-0.2, -0.15) is 56.7 Å². The smallest absolute Gasteiger partial charge is 0.417 e. The van der Waals surface area contributed by atoms with Crippen molar-refractivity contribution in [2.24, 2.45) is 80.8 Å². The number of ketones is 2. The number of carbonyl (C=O) groups excluding carboxylic acids is 2. The van der Waals surface area contributed by atoms with Gasteiger partial charge in [0.15, 0.2) is 17.0 Å². The molecule has 86 heavy (non-hydrogen) atoms. The van der Waals surface area contributed by atoms with Gasteiger partial charge in [0.2, 0.25) is 0 Å². The van der Waals surface area contributed by atoms with E-state index in [-0.39, 0.29) is 94.0 Å². The second kappa shape index (κ2) is 27.1. The minimum Gasteiger partial charge on any atom is -0.497 e. The Morgan fingerprint density at radius 2 is 1.01 bits per heavy atom. The number of carbonyl (C=O) groups is 2. The highest BCUT2D eigenvalue weighted by Gasteiger charge is 2.69. The number of methoxy groups -OCH3 is 4. The summed E-state index contributed by atoms with van der Waals surface area (Å²) < 4.78 is 136. The number of nitrogens with one attached hydrogen (secondary N) is 1. The molecule has 2 heterocycles. The molecule has 0 amide bonds. The molecule has 2 aromatic carbocycles. The summed E-state index contributed by atoms with van der Waals surface area (Å²) in [4.78, 5) is 27.8. The normalized spacial score (nSPS) is 36.7. The Hall–Kier alpha value is -4.27. The maximum atomic E-state index is 13.8. The Labute approximate surface area is 501 Å². The summed E-state index contributed by atoms with van der Waals surface area (Å²) in [5.41, 5.74) is -2.85. The van der Waals surface area contributed by atoms with Crippen LogP contribution in [0, 0.1) is 80.8 Å². The molecule has 26 heteroatoms. The van der Waals surface area contributed by atoms with Crippen LogP contribution in [0.25, 0.3) is 22.1 Å². The van der Waals surface area contributed by atoms with Crippen LogP contribution < -0.4 is 9.47 Å². The third-order valence-corrected chi connectivity index (χ3v) is 23.6. The molecule has 2 aromatic heterocycles. The van der Waals surface area contributed by atoms with Crippen LogP contribution >= 0.6 is 15.9 Å². The number of nitrogens with zero attached hydrogens (tertiary/aromatic N) is 5. The molecule has 0 radical (unpaired) electrons. The number of rotatable bonds is 11. The van der Waals surface area contributed by atoms with Gasteiger partial charge in [-0.05, 0) is 209 Å². The van der Waals surface area contributed by atoms with Gasteiger partial charge in [0, 0.05) is 56.5 Å². The Morgan fingerprint density at radius 1 is 0.581 bits per heavy atom. The first kappa shape index (κ1) is 69.2. The van der Waals surface area contributed by atoms with Crippen molar-refractivity contribution in [3.63, 3.8) is 0 Å². The number of benzene rings is 2. The zero-order valence-electron chi connectivity index (χ0n) is 49.4. The molecule has 484 valence electrons. The lowest BCUT2D eigenvalue weighted by atomic mass is 9.43. The summed E-state index contributed by atoms with van der Waals surface area (Å²) in [6.45, 7) is 5.58. The van der Waals surface area contributed by atoms with E-state index in [0.717, 1.165) is 86.5 Å². The van der Waals surface area contributed by atoms with Gasteiger partial charge in [0.05, 0.1) is 32.8 Å². The number of ether oxygens (including phenoxy) is 4. The van der Waals surface area contributed by atoms with E-state index in [4.69, 9.17) is 37.2 Å². The number of H-pyrrole nitrogens is 1. The molecule has 8 aliphatic rings. The fourth-order valence-electron chi connectivity index (χ4n) is 19.2. The minimum absolute atomic E-state index is 0. The maximum Gasteiger partial charge on any atom is 0.417 e. The summed E-state index contributed by atoms with van der Waals surface area (Å²) in [7, 11) is 6.51. The van der Waals surface area contributed by atoms with Crippen LogP contribution in [0.4, 0.5) is 49.3 Å². The van der Waals surface area contributed by atoms with E-state index < -0.39 is 23.6 Å². The number of Topliss-reactive ketones (excluding diaryl/α,β-unsaturated/α-hetero) is 2. The van der Waals surface area contributed by atoms with Crippen molar-refractivity contribution < 1.29 is 88.1 Å². The van der Waals surface area contributed by atoms with Crippen LogP contribution in [0.3, 0.4) is 0 Å². The van der Waals surface area contributed by atoms with Crippen LogP contribution in [-0.2, 0) is 25.6 Å². The molecule has 8 fully saturated rings. The van der Waals surface area contributed by atoms with E-state index in [1.807, 2.05) is 36.4 Å². The molecular weight excluding hydrogens is 1220 g/mol. The lowest BCUT2D eigenvalue weighted by Gasteiger charge is -2.62. The van der Waals surface area contributed by atoms with Crippen molar-refractivity contribution in [2.45, 2.75) is 160 Å². The molecule has 0 unspecified atom stereocenters. The summed E-state index contributed by atoms with van der Waals surface area (Å²) in [6.07, 6.45) is 1.16. The number of aromatic amines is 1. The van der Waals surface area contributed by atoms with Crippen LogP contribution in [-0.4, -0.2) is 123 Å². The molecule has 14 nitrogen and oxygen atoms in total. The van der Waals surface area contributed by atoms with E-state index in [1.54, 1.807) is 28.4 Å². The van der Waals surface area contributed by atoms with Crippen molar-refractivity contribution in [3.8, 4) is 11.5 Å². The fraction of sp³-hybridized carbons (Fsp3) is 0.767. The largest absolute Gasteiger partial charge is 0.497 e. The van der Waals surface area contributed by atoms with Gasteiger partial charge in [-0.3, -0.25) is 14.3 Å². The van der Waals surface area contributed by atoms with Crippen molar-refractivity contribution >= 4 is 49.6 Å². The first-order valence-electron chi connectivity index (χ1n) is 29.6. The Morgan fingerprint density at radius 3 is 1.45 bits per heavy atom. The number of alkyl halides is 7. The quantitative estimate of drug-likeness (QED) is 0.0955. The standard InChI is InChI=1S/C30H40F3N3O4.C23H34BrF3O3.C7H7N3O.2F2.FH/c1-27-11-10-22-20(6-4-18-15-29(38,30(31,32)33)13-12-28(18,22)17-39-2)21(27)7-8-23(27)26(37)16-36-34-24-9-5-19(40-3)14-25(24)35-36;1-20-8-7-17-15(16(20)5-6-18(20)19(28)12-24)4-3-14-11-22(29,23(25,26)27)10-9-21(14,17)13-30-2;1-11-5-2-3-6-7(4-5)9-10-8-6;2*1-2;/h5,9,14,18,20-23,38H,4,6-8,10-13,15-17H2,1-3H3;14-18,29H,3-13H2,1-2H3;2-4H,1H3,(H,8,9,10);;;1H/t18-,20+,21+,22+,23-,27+,28-,29-;14-,15+,16+,17+,18-,20+,21-,22-;;;;/m11..../s1. The zero-order valence-corrected chi connectivity index (χ0v) is 51.0. The van der Waals surface area contributed by atoms with Gasteiger partial charge in [-0.1, -0.05) is 29.8 Å². The SMILES string of the molecule is COC[C@]12CC[C@](O)(C(F)(F)F)C[C@H]1CC[C@H]1[C@@H]3CC[C@H](C(=O)CBr)[C@@]3(C)CC[C@@H]12.COC[C@]12CC[C@](O)(C(F)(F)F)C[C@H]1CC[C@H]1[C@@H]3CC[C@H](C(=O)Cn4nc5ccc(OC)cc5n4)[C@@]3(C)CC[C@@H]12.COc1ccc2n[nH]nc2c1.F.FF.FF. The third-order valence-electron chi connectivity index (χ3n) is 23.1. The zero-order chi connectivity index (χ0) is 62.1. The third kappa shape index (κ3) is 12.4. The van der Waals surface area contributed by atoms with Crippen molar-refractivity contribution in [1.82, 2.24) is 30.4 Å². The monoisotopic (exact) mass is 1300 g/mol. The number of halogens is 12. The molecule has 3 N–H and O–H groups in total. The van der Waals surface area contributed by atoms with Crippen molar-refractivity contribution in [1.29, 1.82) is 0 Å². The minimum atomic E-state index is -4.62. The average molecular weight is 1300 g/mol. The van der Waals surface area contributed by atoms with Crippen LogP contribution in [0.15, 0.2) is 36.4 Å². The van der Waals surface area contributed by atoms with Crippen LogP contribution in [0.1, 0.15) is 129 Å². The molecule has 0 bridgehead atoms. The number of aliphatic hydroxyl groups is 2. The van der Waals surface area contributed by atoms with Gasteiger partial charge < -0.3 is 29.2 Å². The van der Waals surface area contributed by atoms with Crippen LogP contribution in [0.2, 0.25) is 0 Å². The summed E-state index contributed by atoms with van der Waals surface area (Å²) >= 11 is 3.35. The van der Waals surface area contributed by atoms with Gasteiger partial charge in [0.25, 0.3) is 0 Å². The second-order valence-corrected chi connectivity index (χ2v) is 26.8. The molecule has 16 atom stereocenters. The average Bonchev–Trinajstić information content (AvgIpc) is 1.19. The van der Waals surface area contributed by atoms with E-state index >= 15 is 0 Å². The number of hydrogen-bond donors (Lipinski definition) is 3. The Balaban J connectivity index is 0.000000201. The number of fused-ring (bicyclic) bond motifs is 12. The fourth-order valence-corrected chi connectivity index (χ4v) is 19.6. The lowest BCUT2D eigenvalue weighted by molar-refractivity contribution is -0.294. The molecule has 8 saturated carbocycles. The van der Waals surface area contributed by atoms with E-state index in [0.29, 0.717) is 90.9 Å². The summed E-state index contributed by atoms with van der Waals surface area (Å²) in [5.74, 6) is 3.78. The lowest BCUT2D eigenvalue weighted by Crippen LogP contribution is -2.61. The molecule has 4 aromatic rings. The van der Waals surface area contributed by atoms with E-state index in [2.05, 4.69) is 55.4 Å². The predicted molar refractivity (Wildman–Crippen MR) is 300 cm³/mol. The van der Waals surface area contributed by atoms with Crippen molar-refractivity contribution in [3.05, 3.63) is 36.4 Å². The highest BCUT2D eigenvalue weighted by molar-refractivity contribution is 9.09. The number of aromatic nitrogens is 6. The van der Waals surface area contributed by atoms with Crippen LogP contribution in [0.5, 0.6) is 11.5 Å². The predicted octanol–water partition coefficient (Wildman–Crippen LogP) is 13.9. The highest BCUT2D eigenvalue weighted by atomic mass is 79.9. The van der Waals surface area contributed by atoms with E-state index in [1.165, 1.54) is 4.80 Å². The Bertz CT molecular complexity index is 2930. The summed E-state index contributed by atoms with van der Waals surface area (Å²) in [5, 5.41) is 40.8. The molecule has 0 aliphatic heterocycles. The van der Waals surface area contributed by atoms with Gasteiger partial charge >= 0.3 is 12.4 Å². The first-order chi connectivity index (χ1) is 40.4. The first-order valence-corrected chi connectivity index (χ1v) is 30.7. The van der Waals surface area contributed by atoms with Gasteiger partial charge in [0.1, 0.15) is 45.9 Å². The van der Waals surface area contributed by atoms with E-state index in [9.17, 15) is 46.1 Å². The second-order valence-electron chi connectivity index (χ2n) is 26.3. The number of hydrogen-bond acceptors (Lipinski definition) is 12. The molecule has 8 aliphatic carbocycles. The van der Waals surface area contributed by atoms with Crippen molar-refractivity contribution in [2.75, 3.05) is 47.0 Å². The highest BCUT2D eigenvalue weighted by Crippen LogP contribution is 2.71. The molecule has 0 spiro atoms. The summed E-state index contributed by atoms with van der Waals surface area (Å²) in [6, 6.07) is 11.0.